The lowest BCUT2D eigenvalue weighted by molar-refractivity contribution is 0.977. The van der Waals surface area contributed by atoms with Crippen molar-refractivity contribution in [3.05, 3.63) is 105 Å². The second kappa shape index (κ2) is 16.3. The number of hydrogen-bond acceptors (Lipinski definition) is 4. The zero-order chi connectivity index (χ0) is 24.6. The Balaban J connectivity index is 0.000000319. The molecule has 3 rings (SSSR count). The normalized spacial score (nSPS) is 13.9. The van der Waals surface area contributed by atoms with Crippen molar-refractivity contribution in [1.29, 1.82) is 0 Å². The quantitative estimate of drug-likeness (QED) is 0.363. The van der Waals surface area contributed by atoms with Crippen LogP contribution in [0.2, 0.25) is 0 Å². The van der Waals surface area contributed by atoms with Gasteiger partial charge in [-0.25, -0.2) is 0 Å². The Kier molecular flexibility index (Phi) is 14.2. The largest absolute Gasteiger partial charge is 0.392 e. The highest BCUT2D eigenvalue weighted by molar-refractivity contribution is 8.03. The summed E-state index contributed by atoms with van der Waals surface area (Å²) < 4.78 is 0. The van der Waals surface area contributed by atoms with Gasteiger partial charge in [0.1, 0.15) is 0 Å². The minimum atomic E-state index is 0.388. The first-order chi connectivity index (χ1) is 15.9. The molecule has 1 aliphatic rings. The van der Waals surface area contributed by atoms with Gasteiger partial charge in [-0.05, 0) is 60.9 Å². The molecule has 4 N–H and O–H groups in total. The standard InChI is InChI=1S/C14H20N2S2.C13H14.C2H6/c1-3-11(4-2)12-7-5-10(6-8-12)9-18-14(16)13(15)17;1-11-7-9-13(10-8-11)12-5-3-2-4-6-12;1-2/h3,5-8,17H,4,9,15-16H2,1-2H3;2-7,9H,8,10H2,1H3;1-2H3/b11-3+,14-13+;;. The maximum atomic E-state index is 5.72. The molecule has 1 aliphatic carbocycles. The molecule has 0 saturated heterocycles. The number of rotatable bonds is 6. The smallest absolute Gasteiger partial charge is 0.0957 e. The van der Waals surface area contributed by atoms with E-state index < -0.39 is 0 Å². The van der Waals surface area contributed by atoms with Crippen molar-refractivity contribution in [2.75, 3.05) is 0 Å². The molecule has 0 bridgehead atoms. The van der Waals surface area contributed by atoms with E-state index in [0.29, 0.717) is 10.1 Å². The van der Waals surface area contributed by atoms with Gasteiger partial charge in [0, 0.05) is 5.75 Å². The molecule has 0 fully saturated rings. The fourth-order valence-corrected chi connectivity index (χ4v) is 4.12. The van der Waals surface area contributed by atoms with Crippen LogP contribution in [0, 0.1) is 0 Å². The summed E-state index contributed by atoms with van der Waals surface area (Å²) in [5.74, 6) is 0.810. The summed E-state index contributed by atoms with van der Waals surface area (Å²) in [5, 5.41) is 0.962. The van der Waals surface area contributed by atoms with Gasteiger partial charge in [-0.1, -0.05) is 99.2 Å². The van der Waals surface area contributed by atoms with Crippen LogP contribution in [0.25, 0.3) is 11.1 Å². The van der Waals surface area contributed by atoms with E-state index in [9.17, 15) is 0 Å². The second-order valence-corrected chi connectivity index (χ2v) is 8.97. The van der Waals surface area contributed by atoms with Gasteiger partial charge in [-0.2, -0.15) is 0 Å². The molecular weight excluding hydrogens is 440 g/mol. The summed E-state index contributed by atoms with van der Waals surface area (Å²) in [6.07, 6.45) is 10.1. The first-order valence-corrected chi connectivity index (χ1v) is 13.1. The van der Waals surface area contributed by atoms with Crippen LogP contribution in [0.5, 0.6) is 0 Å². The van der Waals surface area contributed by atoms with Gasteiger partial charge >= 0.3 is 0 Å². The van der Waals surface area contributed by atoms with E-state index in [1.165, 1.54) is 58.0 Å². The van der Waals surface area contributed by atoms with E-state index in [1.807, 2.05) is 13.8 Å². The lowest BCUT2D eigenvalue weighted by atomic mass is 9.94. The third-order valence-corrected chi connectivity index (χ3v) is 6.60. The maximum Gasteiger partial charge on any atom is 0.0957 e. The van der Waals surface area contributed by atoms with Crippen LogP contribution in [-0.4, -0.2) is 0 Å². The molecule has 0 heterocycles. The third-order valence-electron chi connectivity index (χ3n) is 5.20. The molecule has 2 nitrogen and oxygen atoms in total. The van der Waals surface area contributed by atoms with Crippen molar-refractivity contribution in [2.24, 2.45) is 11.5 Å². The van der Waals surface area contributed by atoms with Gasteiger partial charge in [0.2, 0.25) is 0 Å². The van der Waals surface area contributed by atoms with Gasteiger partial charge in [-0.15, -0.1) is 24.4 Å². The molecule has 0 radical (unpaired) electrons. The lowest BCUT2D eigenvalue weighted by Crippen LogP contribution is -2.02. The number of allylic oxidation sites excluding steroid dienone is 6. The number of thioether (sulfide) groups is 1. The van der Waals surface area contributed by atoms with Crippen molar-refractivity contribution in [1.82, 2.24) is 0 Å². The van der Waals surface area contributed by atoms with Gasteiger partial charge in [0.05, 0.1) is 10.1 Å². The highest BCUT2D eigenvalue weighted by Gasteiger charge is 2.04. The van der Waals surface area contributed by atoms with Crippen LogP contribution in [0.3, 0.4) is 0 Å². The van der Waals surface area contributed by atoms with E-state index in [2.05, 4.69) is 106 Å². The van der Waals surface area contributed by atoms with Crippen LogP contribution in [0.4, 0.5) is 0 Å². The third kappa shape index (κ3) is 10.4. The fraction of sp³-hybridized carbons (Fsp3) is 0.310. The van der Waals surface area contributed by atoms with E-state index in [4.69, 9.17) is 11.5 Å². The topological polar surface area (TPSA) is 52.0 Å². The summed E-state index contributed by atoms with van der Waals surface area (Å²) in [7, 11) is 0. The summed E-state index contributed by atoms with van der Waals surface area (Å²) >= 11 is 5.52. The molecular formula is C29H40N2S2. The number of benzene rings is 2. The zero-order valence-corrected chi connectivity index (χ0v) is 22.5. The van der Waals surface area contributed by atoms with Crippen molar-refractivity contribution in [3.8, 4) is 0 Å². The average Bonchev–Trinajstić information content (AvgIpc) is 2.86. The Hall–Kier alpha value is -2.30. The lowest BCUT2D eigenvalue weighted by Gasteiger charge is -2.11. The Labute approximate surface area is 211 Å². The Morgan fingerprint density at radius 3 is 2.09 bits per heavy atom. The molecule has 0 atom stereocenters. The van der Waals surface area contributed by atoms with Crippen molar-refractivity contribution in [3.63, 3.8) is 0 Å². The Morgan fingerprint density at radius 1 is 0.970 bits per heavy atom. The predicted octanol–water partition coefficient (Wildman–Crippen LogP) is 8.54. The highest BCUT2D eigenvalue weighted by atomic mass is 32.2. The first kappa shape index (κ1) is 28.7. The first-order valence-electron chi connectivity index (χ1n) is 11.7. The molecule has 33 heavy (non-hydrogen) atoms. The fourth-order valence-electron chi connectivity index (χ4n) is 3.26. The summed E-state index contributed by atoms with van der Waals surface area (Å²) in [5.41, 5.74) is 19.4. The number of thiol groups is 1. The monoisotopic (exact) mass is 480 g/mol. The molecule has 0 aromatic heterocycles. The molecule has 2 aromatic carbocycles. The van der Waals surface area contributed by atoms with Gasteiger partial charge < -0.3 is 11.5 Å². The maximum absolute atomic E-state index is 5.72. The van der Waals surface area contributed by atoms with E-state index in [0.717, 1.165) is 12.2 Å². The minimum absolute atomic E-state index is 0.388. The van der Waals surface area contributed by atoms with Crippen molar-refractivity contribution >= 4 is 35.5 Å². The van der Waals surface area contributed by atoms with E-state index in [1.54, 1.807) is 0 Å². The van der Waals surface area contributed by atoms with E-state index in [-0.39, 0.29) is 0 Å². The summed E-state index contributed by atoms with van der Waals surface area (Å²) in [6.45, 7) is 10.4. The van der Waals surface area contributed by atoms with Crippen LogP contribution in [0.1, 0.15) is 70.6 Å². The van der Waals surface area contributed by atoms with Gasteiger partial charge in [0.15, 0.2) is 0 Å². The average molecular weight is 481 g/mol. The van der Waals surface area contributed by atoms with Crippen LogP contribution < -0.4 is 11.5 Å². The van der Waals surface area contributed by atoms with Crippen LogP contribution in [-0.2, 0) is 5.75 Å². The Morgan fingerprint density at radius 2 is 1.61 bits per heavy atom. The number of hydrogen-bond donors (Lipinski definition) is 3. The SMILES string of the molecule is C/C=C(\CC)c1ccc(CS/C(N)=C(\N)S)cc1.CC.CC1=CC=C(c2ccccc2)CC1. The van der Waals surface area contributed by atoms with Crippen molar-refractivity contribution < 1.29 is 0 Å². The molecule has 0 unspecified atom stereocenters. The van der Waals surface area contributed by atoms with E-state index >= 15 is 0 Å². The molecule has 0 amide bonds. The van der Waals surface area contributed by atoms with Crippen LogP contribution in [0.15, 0.2) is 88.5 Å². The predicted molar refractivity (Wildman–Crippen MR) is 155 cm³/mol. The molecule has 178 valence electrons. The summed E-state index contributed by atoms with van der Waals surface area (Å²) in [6, 6.07) is 19.2. The van der Waals surface area contributed by atoms with Crippen molar-refractivity contribution in [2.45, 2.75) is 59.6 Å². The van der Waals surface area contributed by atoms with Crippen LogP contribution >= 0.6 is 24.4 Å². The summed E-state index contributed by atoms with van der Waals surface area (Å²) in [4.78, 5) is 0. The van der Waals surface area contributed by atoms with Gasteiger partial charge in [0.25, 0.3) is 0 Å². The second-order valence-electron chi connectivity index (χ2n) is 7.47. The van der Waals surface area contributed by atoms with Gasteiger partial charge in [-0.3, -0.25) is 0 Å². The molecule has 4 heteroatoms. The molecule has 0 spiro atoms. The molecule has 0 saturated carbocycles. The Bertz CT molecular complexity index is 949. The minimum Gasteiger partial charge on any atom is -0.392 e. The highest BCUT2D eigenvalue weighted by Crippen LogP contribution is 2.26. The zero-order valence-electron chi connectivity index (χ0n) is 20.8. The molecule has 0 aliphatic heterocycles. The molecule has 2 aromatic rings. The number of nitrogens with two attached hydrogens (primary N) is 2.